The molecular weight excluding hydrogens is 435 g/mol. The number of H-pyrrole nitrogens is 1. The Morgan fingerprint density at radius 2 is 1.82 bits per heavy atom. The van der Waals surface area contributed by atoms with Crippen molar-refractivity contribution in [2.75, 3.05) is 5.32 Å². The van der Waals surface area contributed by atoms with E-state index in [2.05, 4.69) is 20.3 Å². The molecule has 0 radical (unpaired) electrons. The van der Waals surface area contributed by atoms with Gasteiger partial charge in [0, 0.05) is 36.0 Å². The highest BCUT2D eigenvalue weighted by Gasteiger charge is 2.21. The van der Waals surface area contributed by atoms with Crippen molar-refractivity contribution in [3.63, 3.8) is 0 Å². The lowest BCUT2D eigenvalue weighted by Crippen LogP contribution is -2.17. The first-order valence-corrected chi connectivity index (χ1v) is 10.1. The fourth-order valence-corrected chi connectivity index (χ4v) is 3.63. The van der Waals surface area contributed by atoms with Gasteiger partial charge in [-0.05, 0) is 26.0 Å². The number of halogens is 3. The van der Waals surface area contributed by atoms with Crippen molar-refractivity contribution >= 4 is 16.9 Å². The van der Waals surface area contributed by atoms with Crippen molar-refractivity contribution < 1.29 is 13.2 Å². The average Bonchev–Trinajstić information content (AvgIpc) is 2.75. The van der Waals surface area contributed by atoms with Gasteiger partial charge in [-0.3, -0.25) is 9.59 Å². The number of nitrogens with zero attached hydrogens (tertiary/aromatic N) is 3. The minimum absolute atomic E-state index is 0.0555. The molecule has 0 aliphatic rings. The number of aromatic nitrogens is 4. The van der Waals surface area contributed by atoms with E-state index in [0.717, 1.165) is 6.07 Å². The van der Waals surface area contributed by atoms with Crippen LogP contribution < -0.4 is 16.4 Å². The van der Waals surface area contributed by atoms with E-state index in [1.165, 1.54) is 35.0 Å². The predicted octanol–water partition coefficient (Wildman–Crippen LogP) is 4.24. The summed E-state index contributed by atoms with van der Waals surface area (Å²) in [4.78, 5) is 35.8. The Morgan fingerprint density at radius 1 is 1.09 bits per heavy atom. The number of hydrogen-bond acceptors (Lipinski definition) is 5. The predicted molar refractivity (Wildman–Crippen MR) is 119 cm³/mol. The van der Waals surface area contributed by atoms with E-state index in [1.807, 2.05) is 0 Å². The standard InChI is InChI=1S/C23H20F3N5O2/c1-11(14-5-4-6-15(19(14)24)20(25)26)27-21-17-9-16(13-7-8-18(32)31(3)10-13)23(33)30-22(17)29-12(2)28-21/h4-11,20H,1-3H3,(H2,27,28,29,30,33)/t11-/m1/s1. The maximum absolute atomic E-state index is 14.7. The van der Waals surface area contributed by atoms with Crippen molar-refractivity contribution in [3.05, 3.63) is 86.1 Å². The van der Waals surface area contributed by atoms with Gasteiger partial charge in [0.15, 0.2) is 0 Å². The molecule has 0 saturated heterocycles. The second kappa shape index (κ2) is 8.53. The van der Waals surface area contributed by atoms with E-state index in [0.29, 0.717) is 22.6 Å². The Hall–Kier alpha value is -3.95. The monoisotopic (exact) mass is 455 g/mol. The molecule has 170 valence electrons. The molecule has 3 aromatic heterocycles. The van der Waals surface area contributed by atoms with Crippen LogP contribution in [-0.4, -0.2) is 19.5 Å². The number of benzene rings is 1. The Bertz CT molecular complexity index is 1480. The van der Waals surface area contributed by atoms with Crippen LogP contribution in [0.4, 0.5) is 19.0 Å². The lowest BCUT2D eigenvalue weighted by molar-refractivity contribution is 0.146. The number of hydrogen-bond donors (Lipinski definition) is 2. The van der Waals surface area contributed by atoms with Gasteiger partial charge in [-0.1, -0.05) is 18.2 Å². The molecule has 10 heteroatoms. The molecule has 0 aliphatic heterocycles. The van der Waals surface area contributed by atoms with E-state index >= 15 is 0 Å². The third-order valence-electron chi connectivity index (χ3n) is 5.33. The summed E-state index contributed by atoms with van der Waals surface area (Å²) in [6.45, 7) is 3.25. The van der Waals surface area contributed by atoms with Crippen molar-refractivity contribution in [2.24, 2.45) is 7.05 Å². The summed E-state index contributed by atoms with van der Waals surface area (Å²) in [5.74, 6) is -0.333. The van der Waals surface area contributed by atoms with Crippen LogP contribution in [0.5, 0.6) is 0 Å². The van der Waals surface area contributed by atoms with Crippen molar-refractivity contribution in [1.29, 1.82) is 0 Å². The molecule has 33 heavy (non-hydrogen) atoms. The van der Waals surface area contributed by atoms with Crippen molar-refractivity contribution in [2.45, 2.75) is 26.3 Å². The highest BCUT2D eigenvalue weighted by molar-refractivity contribution is 5.90. The van der Waals surface area contributed by atoms with Crippen molar-refractivity contribution in [1.82, 2.24) is 19.5 Å². The number of pyridine rings is 2. The van der Waals surface area contributed by atoms with E-state index in [4.69, 9.17) is 0 Å². The van der Waals surface area contributed by atoms with Crippen LogP contribution in [0.1, 0.15) is 36.3 Å². The van der Waals surface area contributed by atoms with Gasteiger partial charge in [-0.25, -0.2) is 23.1 Å². The van der Waals surface area contributed by atoms with Gasteiger partial charge in [0.25, 0.3) is 12.0 Å². The van der Waals surface area contributed by atoms with Crippen LogP contribution in [0.15, 0.2) is 52.2 Å². The first-order chi connectivity index (χ1) is 15.7. The molecule has 4 rings (SSSR count). The first-order valence-electron chi connectivity index (χ1n) is 10.1. The number of aryl methyl sites for hydroxylation is 2. The van der Waals surface area contributed by atoms with Gasteiger partial charge in [-0.15, -0.1) is 0 Å². The Morgan fingerprint density at radius 3 is 2.52 bits per heavy atom. The van der Waals surface area contributed by atoms with E-state index in [-0.39, 0.29) is 22.3 Å². The number of fused-ring (bicyclic) bond motifs is 1. The van der Waals surface area contributed by atoms with Gasteiger partial charge in [-0.2, -0.15) is 0 Å². The van der Waals surface area contributed by atoms with E-state index < -0.39 is 29.4 Å². The lowest BCUT2D eigenvalue weighted by atomic mass is 10.0. The van der Waals surface area contributed by atoms with Gasteiger partial charge in [0.2, 0.25) is 5.56 Å². The molecule has 4 aromatic rings. The molecule has 7 nitrogen and oxygen atoms in total. The second-order valence-corrected chi connectivity index (χ2v) is 7.68. The van der Waals surface area contributed by atoms with Crippen LogP contribution in [0.3, 0.4) is 0 Å². The Labute approximate surface area is 186 Å². The molecule has 1 atom stereocenters. The summed E-state index contributed by atoms with van der Waals surface area (Å²) in [6, 6.07) is 7.59. The molecular formula is C23H20F3N5O2. The van der Waals surface area contributed by atoms with Gasteiger partial charge < -0.3 is 14.9 Å². The van der Waals surface area contributed by atoms with E-state index in [9.17, 15) is 22.8 Å². The van der Waals surface area contributed by atoms with Gasteiger partial charge in [0.1, 0.15) is 23.1 Å². The minimum Gasteiger partial charge on any atom is -0.363 e. The summed E-state index contributed by atoms with van der Waals surface area (Å²) in [5, 5.41) is 3.50. The highest BCUT2D eigenvalue weighted by atomic mass is 19.3. The summed E-state index contributed by atoms with van der Waals surface area (Å²) < 4.78 is 42.2. The first kappa shape index (κ1) is 22.3. The summed E-state index contributed by atoms with van der Waals surface area (Å²) in [5.41, 5.74) is -0.195. The molecule has 0 unspecified atom stereocenters. The summed E-state index contributed by atoms with van der Waals surface area (Å²) in [6.07, 6.45) is -1.40. The molecule has 1 aromatic carbocycles. The SMILES string of the molecule is Cc1nc(N[C@H](C)c2cccc(C(F)F)c2F)c2cc(-c3ccc(=O)n(C)c3)c(=O)[nH]c2n1. The van der Waals surface area contributed by atoms with Crippen LogP contribution in [0, 0.1) is 12.7 Å². The topological polar surface area (TPSA) is 92.7 Å². The molecule has 2 N–H and O–H groups in total. The molecule has 0 spiro atoms. The zero-order chi connectivity index (χ0) is 23.9. The molecule has 0 aliphatic carbocycles. The maximum atomic E-state index is 14.7. The number of aromatic amines is 1. The number of anilines is 1. The molecule has 0 bridgehead atoms. The highest BCUT2D eigenvalue weighted by Crippen LogP contribution is 2.30. The average molecular weight is 455 g/mol. The molecule has 0 saturated carbocycles. The van der Waals surface area contributed by atoms with Crippen LogP contribution in [0.25, 0.3) is 22.2 Å². The quantitative estimate of drug-likeness (QED) is 0.470. The maximum Gasteiger partial charge on any atom is 0.266 e. The lowest BCUT2D eigenvalue weighted by Gasteiger charge is -2.19. The number of alkyl halides is 2. The number of nitrogens with one attached hydrogen (secondary N) is 2. The third kappa shape index (κ3) is 4.23. The van der Waals surface area contributed by atoms with Crippen LogP contribution in [-0.2, 0) is 7.05 Å². The smallest absolute Gasteiger partial charge is 0.266 e. The van der Waals surface area contributed by atoms with Gasteiger partial charge in [0.05, 0.1) is 17.0 Å². The Balaban J connectivity index is 1.82. The molecule has 3 heterocycles. The largest absolute Gasteiger partial charge is 0.363 e. The zero-order valence-corrected chi connectivity index (χ0v) is 18.0. The zero-order valence-electron chi connectivity index (χ0n) is 18.0. The summed E-state index contributed by atoms with van der Waals surface area (Å²) in [7, 11) is 1.57. The fourth-order valence-electron chi connectivity index (χ4n) is 3.63. The molecule has 0 amide bonds. The van der Waals surface area contributed by atoms with Crippen molar-refractivity contribution in [3.8, 4) is 11.1 Å². The van der Waals surface area contributed by atoms with Crippen LogP contribution in [0.2, 0.25) is 0 Å². The number of rotatable bonds is 5. The van der Waals surface area contributed by atoms with E-state index in [1.54, 1.807) is 27.0 Å². The second-order valence-electron chi connectivity index (χ2n) is 7.68. The van der Waals surface area contributed by atoms with Crippen LogP contribution >= 0.6 is 0 Å². The normalized spacial score (nSPS) is 12.3. The van der Waals surface area contributed by atoms with Gasteiger partial charge >= 0.3 is 0 Å². The third-order valence-corrected chi connectivity index (χ3v) is 5.33. The molecule has 0 fully saturated rings. The summed E-state index contributed by atoms with van der Waals surface area (Å²) >= 11 is 0. The fraction of sp³-hybridized carbons (Fsp3) is 0.217. The minimum atomic E-state index is -2.94. The Kier molecular flexibility index (Phi) is 5.75.